The number of anilines is 2. The van der Waals surface area contributed by atoms with E-state index in [0.29, 0.717) is 23.7 Å². The number of benzene rings is 3. The summed E-state index contributed by atoms with van der Waals surface area (Å²) in [5.74, 6) is 0.575. The van der Waals surface area contributed by atoms with Crippen LogP contribution in [-0.4, -0.2) is 34.0 Å². The minimum absolute atomic E-state index is 0.00104. The topological polar surface area (TPSA) is 58.4 Å². The van der Waals surface area contributed by atoms with Crippen LogP contribution in [0, 0.1) is 0 Å². The summed E-state index contributed by atoms with van der Waals surface area (Å²) < 4.78 is 1.98. The molecule has 1 aromatic heterocycles. The molecule has 2 heterocycles. The first kappa shape index (κ1) is 23.1. The van der Waals surface area contributed by atoms with Crippen molar-refractivity contribution < 1.29 is 9.59 Å². The van der Waals surface area contributed by atoms with Gasteiger partial charge in [-0.1, -0.05) is 54.1 Å². The van der Waals surface area contributed by atoms with Crippen molar-refractivity contribution in [2.24, 2.45) is 0 Å². The summed E-state index contributed by atoms with van der Waals surface area (Å²) in [7, 11) is 0. The number of fused-ring (bicyclic) bond motifs is 1. The third-order valence-electron chi connectivity index (χ3n) is 6.43. The Balaban J connectivity index is 1.50. The largest absolute Gasteiger partial charge is 0.318 e. The van der Waals surface area contributed by atoms with Crippen molar-refractivity contribution >= 4 is 45.8 Å². The monoisotopic (exact) mass is 486 g/mol. The lowest BCUT2D eigenvalue weighted by molar-refractivity contribution is -0.119. The van der Waals surface area contributed by atoms with E-state index in [4.69, 9.17) is 16.6 Å². The van der Waals surface area contributed by atoms with Crippen molar-refractivity contribution in [1.82, 2.24) is 9.55 Å². The van der Waals surface area contributed by atoms with Crippen LogP contribution in [0.5, 0.6) is 0 Å². The van der Waals surface area contributed by atoms with E-state index in [2.05, 4.69) is 0 Å². The molecule has 0 unspecified atom stereocenters. The third kappa shape index (κ3) is 4.42. The third-order valence-corrected chi connectivity index (χ3v) is 6.75. The highest BCUT2D eigenvalue weighted by Crippen LogP contribution is 2.36. The standard InChI is InChI=1S/C28H27ClN4O2/c1-19(2)33(21-10-4-3-5-11-21)27(35)18-32-25-15-9-7-13-23(25)30-28(32)20-16-26(34)31(17-20)24-14-8-6-12-22(24)29/h3-15,19-20H,16-18H2,1-2H3/t20-/m1/s1. The summed E-state index contributed by atoms with van der Waals surface area (Å²) in [6, 6.07) is 24.9. The lowest BCUT2D eigenvalue weighted by Gasteiger charge is -2.28. The van der Waals surface area contributed by atoms with E-state index in [-0.39, 0.29) is 30.3 Å². The molecule has 6 nitrogen and oxygen atoms in total. The molecule has 0 bridgehead atoms. The molecule has 178 valence electrons. The van der Waals surface area contributed by atoms with Crippen LogP contribution >= 0.6 is 11.6 Å². The quantitative estimate of drug-likeness (QED) is 0.354. The van der Waals surface area contributed by atoms with Gasteiger partial charge in [-0.3, -0.25) is 9.59 Å². The number of carbonyl (C=O) groups is 2. The average Bonchev–Trinajstić information content (AvgIpc) is 3.40. The fourth-order valence-electron chi connectivity index (χ4n) is 4.89. The zero-order valence-electron chi connectivity index (χ0n) is 19.8. The SMILES string of the molecule is CC(C)N(C(=O)Cn1c([C@@H]2CC(=O)N(c3ccccc3Cl)C2)nc2ccccc21)c1ccccc1. The van der Waals surface area contributed by atoms with Crippen molar-refractivity contribution in [2.45, 2.75) is 38.8 Å². The van der Waals surface area contributed by atoms with E-state index >= 15 is 0 Å². The van der Waals surface area contributed by atoms with Crippen molar-refractivity contribution in [3.05, 3.63) is 89.7 Å². The van der Waals surface area contributed by atoms with Gasteiger partial charge in [-0.05, 0) is 50.2 Å². The molecule has 1 saturated heterocycles. The minimum Gasteiger partial charge on any atom is -0.318 e. The van der Waals surface area contributed by atoms with E-state index in [1.807, 2.05) is 96.1 Å². The summed E-state index contributed by atoms with van der Waals surface area (Å²) >= 11 is 6.39. The number of hydrogen-bond donors (Lipinski definition) is 0. The maximum Gasteiger partial charge on any atom is 0.247 e. The minimum atomic E-state index is -0.150. The number of amides is 2. The lowest BCUT2D eigenvalue weighted by atomic mass is 10.1. The fraction of sp³-hybridized carbons (Fsp3) is 0.250. The highest BCUT2D eigenvalue weighted by molar-refractivity contribution is 6.33. The maximum absolute atomic E-state index is 13.6. The molecule has 4 aromatic rings. The van der Waals surface area contributed by atoms with Crippen molar-refractivity contribution in [3.8, 4) is 0 Å². The van der Waals surface area contributed by atoms with Crippen LogP contribution in [0.25, 0.3) is 11.0 Å². The van der Waals surface area contributed by atoms with Gasteiger partial charge in [-0.25, -0.2) is 4.98 Å². The van der Waals surface area contributed by atoms with Crippen LogP contribution in [0.15, 0.2) is 78.9 Å². The molecule has 7 heteroatoms. The van der Waals surface area contributed by atoms with Gasteiger partial charge in [0.25, 0.3) is 0 Å². The normalized spacial score (nSPS) is 15.8. The Bertz CT molecular complexity index is 1380. The van der Waals surface area contributed by atoms with Gasteiger partial charge in [0.15, 0.2) is 0 Å². The van der Waals surface area contributed by atoms with Gasteiger partial charge in [-0.15, -0.1) is 0 Å². The van der Waals surface area contributed by atoms with Crippen LogP contribution in [0.3, 0.4) is 0 Å². The molecule has 1 aliphatic heterocycles. The smallest absolute Gasteiger partial charge is 0.247 e. The molecule has 1 fully saturated rings. The number of aromatic nitrogens is 2. The van der Waals surface area contributed by atoms with Gasteiger partial charge in [0.2, 0.25) is 11.8 Å². The van der Waals surface area contributed by atoms with Crippen molar-refractivity contribution in [3.63, 3.8) is 0 Å². The van der Waals surface area contributed by atoms with E-state index < -0.39 is 0 Å². The first-order valence-electron chi connectivity index (χ1n) is 11.8. The Kier molecular flexibility index (Phi) is 6.31. The van der Waals surface area contributed by atoms with Gasteiger partial charge in [-0.2, -0.15) is 0 Å². The first-order valence-corrected chi connectivity index (χ1v) is 12.2. The van der Waals surface area contributed by atoms with Crippen LogP contribution < -0.4 is 9.80 Å². The molecule has 0 radical (unpaired) electrons. The zero-order chi connectivity index (χ0) is 24.5. The van der Waals surface area contributed by atoms with Crippen LogP contribution in [0.2, 0.25) is 5.02 Å². The molecule has 1 atom stereocenters. The predicted molar refractivity (Wildman–Crippen MR) is 140 cm³/mol. The second kappa shape index (κ2) is 9.55. The van der Waals surface area contributed by atoms with Gasteiger partial charge in [0, 0.05) is 30.6 Å². The summed E-state index contributed by atoms with van der Waals surface area (Å²) in [5.41, 5.74) is 3.26. The zero-order valence-corrected chi connectivity index (χ0v) is 20.5. The van der Waals surface area contributed by atoms with Gasteiger partial charge in [0.1, 0.15) is 12.4 Å². The van der Waals surface area contributed by atoms with Gasteiger partial charge >= 0.3 is 0 Å². The molecule has 3 aromatic carbocycles. The fourth-order valence-corrected chi connectivity index (χ4v) is 5.12. The molecule has 1 aliphatic rings. The molecule has 5 rings (SSSR count). The Morgan fingerprint density at radius 3 is 2.46 bits per heavy atom. The molecule has 0 saturated carbocycles. The summed E-state index contributed by atoms with van der Waals surface area (Å²) in [6.07, 6.45) is 0.315. The first-order chi connectivity index (χ1) is 16.9. The Hall–Kier alpha value is -3.64. The van der Waals surface area contributed by atoms with Crippen LogP contribution in [0.1, 0.15) is 32.0 Å². The molecular weight excluding hydrogens is 460 g/mol. The number of imidazole rings is 1. The second-order valence-corrected chi connectivity index (χ2v) is 9.50. The Morgan fingerprint density at radius 2 is 1.71 bits per heavy atom. The number of carbonyl (C=O) groups excluding carboxylic acids is 2. The van der Waals surface area contributed by atoms with E-state index in [9.17, 15) is 9.59 Å². The number of rotatable bonds is 6. The Morgan fingerprint density at radius 1 is 1.03 bits per heavy atom. The van der Waals surface area contributed by atoms with Crippen molar-refractivity contribution in [2.75, 3.05) is 16.3 Å². The predicted octanol–water partition coefficient (Wildman–Crippen LogP) is 5.65. The van der Waals surface area contributed by atoms with E-state index in [0.717, 1.165) is 22.5 Å². The molecular formula is C28H27ClN4O2. The Labute approximate surface area is 209 Å². The van der Waals surface area contributed by atoms with Crippen LogP contribution in [0.4, 0.5) is 11.4 Å². The van der Waals surface area contributed by atoms with Gasteiger partial charge in [0.05, 0.1) is 21.7 Å². The number of nitrogens with zero attached hydrogens (tertiary/aromatic N) is 4. The lowest BCUT2D eigenvalue weighted by Crippen LogP contribution is -2.39. The maximum atomic E-state index is 13.6. The van der Waals surface area contributed by atoms with Crippen molar-refractivity contribution in [1.29, 1.82) is 0 Å². The van der Waals surface area contributed by atoms with Gasteiger partial charge < -0.3 is 14.4 Å². The highest BCUT2D eigenvalue weighted by Gasteiger charge is 2.36. The van der Waals surface area contributed by atoms with E-state index in [1.54, 1.807) is 11.0 Å². The number of halogens is 1. The summed E-state index contributed by atoms with van der Waals surface area (Å²) in [4.78, 5) is 35.1. The highest BCUT2D eigenvalue weighted by atomic mass is 35.5. The average molecular weight is 487 g/mol. The number of hydrogen-bond acceptors (Lipinski definition) is 3. The molecule has 2 amide bonds. The second-order valence-electron chi connectivity index (χ2n) is 9.09. The summed E-state index contributed by atoms with van der Waals surface area (Å²) in [6.45, 7) is 4.62. The molecule has 0 aliphatic carbocycles. The molecule has 35 heavy (non-hydrogen) atoms. The molecule has 0 spiro atoms. The van der Waals surface area contributed by atoms with E-state index in [1.165, 1.54) is 0 Å². The molecule has 0 N–H and O–H groups in total. The summed E-state index contributed by atoms with van der Waals surface area (Å²) in [5, 5.41) is 0.542. The number of para-hydroxylation sites is 4. The van der Waals surface area contributed by atoms with Crippen LogP contribution in [-0.2, 0) is 16.1 Å².